The first-order valence-electron chi connectivity index (χ1n) is 9.88. The minimum Gasteiger partial charge on any atom is -0.504 e. The summed E-state index contributed by atoms with van der Waals surface area (Å²) in [5.41, 5.74) is 4.34. The highest BCUT2D eigenvalue weighted by Gasteiger charge is 2.50. The lowest BCUT2D eigenvalue weighted by molar-refractivity contribution is -0.174. The number of hydrogen-bond donors (Lipinski definition) is 5. The van der Waals surface area contributed by atoms with Crippen LogP contribution in [0.25, 0.3) is 6.08 Å². The minimum atomic E-state index is -2.18. The Bertz CT molecular complexity index is 856. The van der Waals surface area contributed by atoms with Crippen molar-refractivity contribution in [3.05, 3.63) is 29.8 Å². The molecule has 0 heterocycles. The molecule has 1 amide bonds. The molecule has 0 aromatic heterocycles. The van der Waals surface area contributed by atoms with E-state index in [0.29, 0.717) is 12.2 Å². The molecule has 2 rings (SSSR count). The fourth-order valence-corrected chi connectivity index (χ4v) is 3.37. The van der Waals surface area contributed by atoms with Crippen molar-refractivity contribution in [1.82, 2.24) is 5.32 Å². The number of carbonyl (C=O) groups excluding carboxylic acids is 2. The highest BCUT2D eigenvalue weighted by atomic mass is 16.5. The van der Waals surface area contributed by atoms with Gasteiger partial charge in [-0.1, -0.05) is 13.0 Å². The quantitative estimate of drug-likeness (QED) is 0.288. The zero-order valence-electron chi connectivity index (χ0n) is 17.4. The molecular formula is C21H28N2O8. The van der Waals surface area contributed by atoms with E-state index < -0.39 is 48.1 Å². The summed E-state index contributed by atoms with van der Waals surface area (Å²) < 4.78 is 10.8. The summed E-state index contributed by atoms with van der Waals surface area (Å²) in [4.78, 5) is 35.3. The monoisotopic (exact) mass is 436 g/mol. The molecule has 31 heavy (non-hydrogen) atoms. The average Bonchev–Trinajstić information content (AvgIpc) is 2.68. The van der Waals surface area contributed by atoms with Gasteiger partial charge in [-0.15, -0.1) is 0 Å². The van der Waals surface area contributed by atoms with Crippen LogP contribution in [0, 0.1) is 0 Å². The van der Waals surface area contributed by atoms with Crippen LogP contribution in [0.15, 0.2) is 24.3 Å². The number of aliphatic hydroxyl groups is 1. The number of ether oxygens (including phenoxy) is 2. The van der Waals surface area contributed by atoms with Crippen molar-refractivity contribution >= 4 is 23.9 Å². The third-order valence-electron chi connectivity index (χ3n) is 4.87. The van der Waals surface area contributed by atoms with E-state index in [1.807, 2.05) is 6.92 Å². The van der Waals surface area contributed by atoms with E-state index >= 15 is 0 Å². The smallest absolute Gasteiger partial charge is 0.335 e. The van der Waals surface area contributed by atoms with Crippen molar-refractivity contribution in [2.45, 2.75) is 56.9 Å². The van der Waals surface area contributed by atoms with Gasteiger partial charge >= 0.3 is 11.9 Å². The van der Waals surface area contributed by atoms with Crippen molar-refractivity contribution in [2.24, 2.45) is 5.73 Å². The third kappa shape index (κ3) is 6.43. The number of esters is 1. The van der Waals surface area contributed by atoms with Gasteiger partial charge in [-0.2, -0.15) is 0 Å². The molecule has 1 fully saturated rings. The summed E-state index contributed by atoms with van der Waals surface area (Å²) in [6.07, 6.45) is 1.43. The zero-order valence-corrected chi connectivity index (χ0v) is 17.4. The second-order valence-electron chi connectivity index (χ2n) is 7.52. The van der Waals surface area contributed by atoms with Crippen LogP contribution < -0.4 is 15.8 Å². The number of nitrogens with one attached hydrogen (secondary N) is 1. The first-order chi connectivity index (χ1) is 14.6. The lowest BCUT2D eigenvalue weighted by Crippen LogP contribution is -2.64. The van der Waals surface area contributed by atoms with Crippen LogP contribution in [-0.2, 0) is 19.1 Å². The molecule has 1 aromatic carbocycles. The van der Waals surface area contributed by atoms with E-state index in [-0.39, 0.29) is 17.9 Å². The van der Waals surface area contributed by atoms with Crippen LogP contribution in [-0.4, -0.2) is 63.6 Å². The van der Waals surface area contributed by atoms with E-state index in [1.54, 1.807) is 12.1 Å². The van der Waals surface area contributed by atoms with Crippen LogP contribution in [0.1, 0.15) is 38.7 Å². The maximum atomic E-state index is 12.4. The Kier molecular flexibility index (Phi) is 8.01. The number of aliphatic carboxylic acids is 1. The van der Waals surface area contributed by atoms with Gasteiger partial charge in [0, 0.05) is 31.9 Å². The number of hydrogen-bond acceptors (Lipinski definition) is 8. The van der Waals surface area contributed by atoms with Crippen LogP contribution in [0.2, 0.25) is 0 Å². The molecule has 6 N–H and O–H groups in total. The van der Waals surface area contributed by atoms with Gasteiger partial charge in [0.05, 0.1) is 12.6 Å². The Balaban J connectivity index is 2.15. The summed E-state index contributed by atoms with van der Waals surface area (Å²) in [6.45, 7) is 3.60. The van der Waals surface area contributed by atoms with Crippen LogP contribution in [0.5, 0.6) is 11.5 Å². The van der Waals surface area contributed by atoms with Gasteiger partial charge in [0.15, 0.2) is 17.1 Å². The molecule has 0 spiro atoms. The van der Waals surface area contributed by atoms with Gasteiger partial charge in [0.1, 0.15) is 6.10 Å². The molecule has 0 saturated heterocycles. The second-order valence-corrected chi connectivity index (χ2v) is 7.52. The standard InChI is InChI=1S/C21H28N2O8/c1-3-8-30-16-9-13(4-6-15(16)25)5-7-18(26)31-17-11-21(29,20(27)28)10-14(22)19(17)23-12(2)24/h4-7,9,14,17,19,25,29H,3,8,10-11,22H2,1-2H3,(H,23,24)(H,27,28)/b7-5+/t14-,17-,19+,21+/m1/s1. The number of phenols is 1. The summed E-state index contributed by atoms with van der Waals surface area (Å²) in [5, 5.41) is 32.0. The molecule has 0 radical (unpaired) electrons. The normalized spacial score (nSPS) is 25.7. The van der Waals surface area contributed by atoms with Gasteiger partial charge < -0.3 is 35.8 Å². The summed E-state index contributed by atoms with van der Waals surface area (Å²) in [6, 6.07) is 2.76. The number of carbonyl (C=O) groups is 3. The van der Waals surface area contributed by atoms with E-state index in [9.17, 15) is 29.7 Å². The summed E-state index contributed by atoms with van der Waals surface area (Å²) >= 11 is 0. The lowest BCUT2D eigenvalue weighted by Gasteiger charge is -2.42. The Morgan fingerprint density at radius 2 is 2.03 bits per heavy atom. The number of aromatic hydroxyl groups is 1. The number of rotatable bonds is 8. The molecule has 0 unspecified atom stereocenters. The maximum absolute atomic E-state index is 12.4. The van der Waals surface area contributed by atoms with Gasteiger partial charge in [0.25, 0.3) is 0 Å². The van der Waals surface area contributed by atoms with Gasteiger partial charge in [0.2, 0.25) is 5.91 Å². The van der Waals surface area contributed by atoms with Crippen molar-refractivity contribution in [1.29, 1.82) is 0 Å². The highest BCUT2D eigenvalue weighted by Crippen LogP contribution is 2.31. The van der Waals surface area contributed by atoms with Crippen molar-refractivity contribution in [2.75, 3.05) is 6.61 Å². The van der Waals surface area contributed by atoms with Gasteiger partial charge in [-0.3, -0.25) is 4.79 Å². The number of amides is 1. The highest BCUT2D eigenvalue weighted by molar-refractivity contribution is 5.87. The number of phenolic OH excluding ortho intramolecular Hbond substituents is 1. The number of benzene rings is 1. The minimum absolute atomic E-state index is 0.0320. The number of carboxylic acid groups (broad SMARTS) is 1. The Labute approximate surface area is 179 Å². The van der Waals surface area contributed by atoms with Crippen LogP contribution >= 0.6 is 0 Å². The molecule has 1 saturated carbocycles. The predicted molar refractivity (Wildman–Crippen MR) is 110 cm³/mol. The molecular weight excluding hydrogens is 408 g/mol. The molecule has 10 nitrogen and oxygen atoms in total. The van der Waals surface area contributed by atoms with Crippen molar-refractivity contribution in [3.63, 3.8) is 0 Å². The Hall–Kier alpha value is -3.11. The van der Waals surface area contributed by atoms with Crippen molar-refractivity contribution < 1.29 is 39.2 Å². The fraction of sp³-hybridized carbons (Fsp3) is 0.476. The first-order valence-corrected chi connectivity index (χ1v) is 9.88. The second kappa shape index (κ2) is 10.3. The largest absolute Gasteiger partial charge is 0.504 e. The summed E-state index contributed by atoms with van der Waals surface area (Å²) in [5.74, 6) is -2.49. The predicted octanol–water partition coefficient (Wildman–Crippen LogP) is 0.548. The van der Waals surface area contributed by atoms with E-state index in [1.165, 1.54) is 19.1 Å². The van der Waals surface area contributed by atoms with Gasteiger partial charge in [-0.05, 0) is 30.2 Å². The molecule has 1 aliphatic rings. The van der Waals surface area contributed by atoms with E-state index in [2.05, 4.69) is 5.32 Å². The average molecular weight is 436 g/mol. The molecule has 10 heteroatoms. The first kappa shape index (κ1) is 24.2. The number of nitrogens with two attached hydrogens (primary N) is 1. The number of carboxylic acids is 1. The fourth-order valence-electron chi connectivity index (χ4n) is 3.37. The Morgan fingerprint density at radius 1 is 1.32 bits per heavy atom. The lowest BCUT2D eigenvalue weighted by atomic mass is 9.77. The van der Waals surface area contributed by atoms with Crippen molar-refractivity contribution in [3.8, 4) is 11.5 Å². The van der Waals surface area contributed by atoms with Gasteiger partial charge in [-0.25, -0.2) is 9.59 Å². The molecule has 170 valence electrons. The zero-order chi connectivity index (χ0) is 23.2. The molecule has 0 aliphatic heterocycles. The van der Waals surface area contributed by atoms with Crippen LogP contribution in [0.3, 0.4) is 0 Å². The summed E-state index contributed by atoms with van der Waals surface area (Å²) in [7, 11) is 0. The van der Waals surface area contributed by atoms with E-state index in [0.717, 1.165) is 12.5 Å². The SMILES string of the molecule is CCCOc1cc(/C=C/C(=O)O[C@@H]2C[C@](O)(C(=O)O)C[C@@H](N)[C@@H]2NC(C)=O)ccc1O. The Morgan fingerprint density at radius 3 is 2.65 bits per heavy atom. The van der Waals surface area contributed by atoms with Crippen LogP contribution in [0.4, 0.5) is 0 Å². The molecule has 0 bridgehead atoms. The van der Waals surface area contributed by atoms with E-state index in [4.69, 9.17) is 15.2 Å². The maximum Gasteiger partial charge on any atom is 0.335 e. The molecule has 4 atom stereocenters. The topological polar surface area (TPSA) is 168 Å². The molecule has 1 aliphatic carbocycles. The molecule has 1 aromatic rings. The third-order valence-corrected chi connectivity index (χ3v) is 4.87.